The van der Waals surface area contributed by atoms with Gasteiger partial charge in [0.25, 0.3) is 0 Å². The van der Waals surface area contributed by atoms with Crippen LogP contribution in [0.25, 0.3) is 0 Å². The largest absolute Gasteiger partial charge is 0.491 e. The molecule has 4 heteroatoms. The van der Waals surface area contributed by atoms with Crippen LogP contribution < -0.4 is 10.1 Å². The van der Waals surface area contributed by atoms with Crippen molar-refractivity contribution in [3.63, 3.8) is 0 Å². The third-order valence-electron chi connectivity index (χ3n) is 2.89. The summed E-state index contributed by atoms with van der Waals surface area (Å²) >= 11 is 6.10. The van der Waals surface area contributed by atoms with Crippen molar-refractivity contribution >= 4 is 11.6 Å². The van der Waals surface area contributed by atoms with Gasteiger partial charge >= 0.3 is 0 Å². The van der Waals surface area contributed by atoms with Crippen LogP contribution in [0, 0.1) is 0 Å². The molecule has 2 N–H and O–H groups in total. The molecule has 0 bridgehead atoms. The molecule has 0 aromatic heterocycles. The van der Waals surface area contributed by atoms with E-state index in [9.17, 15) is 0 Å². The minimum Gasteiger partial charge on any atom is -0.491 e. The van der Waals surface area contributed by atoms with Crippen LogP contribution in [-0.2, 0) is 13.1 Å². The molecule has 2 aromatic carbocycles. The number of benzene rings is 2. The van der Waals surface area contributed by atoms with Crippen LogP contribution in [0.3, 0.4) is 0 Å². The Morgan fingerprint density at radius 3 is 2.45 bits per heavy atom. The first-order valence-corrected chi connectivity index (χ1v) is 6.94. The van der Waals surface area contributed by atoms with Gasteiger partial charge in [-0.25, -0.2) is 0 Å². The van der Waals surface area contributed by atoms with Gasteiger partial charge in [0.05, 0.1) is 6.61 Å². The minimum atomic E-state index is 0.0289. The van der Waals surface area contributed by atoms with E-state index in [-0.39, 0.29) is 6.61 Å². The predicted octanol–water partition coefficient (Wildman–Crippen LogP) is 3.00. The van der Waals surface area contributed by atoms with Gasteiger partial charge in [-0.1, -0.05) is 41.9 Å². The fourth-order valence-electron chi connectivity index (χ4n) is 1.85. The number of hydrogen-bond acceptors (Lipinski definition) is 3. The number of aliphatic hydroxyl groups is 1. The summed E-state index contributed by atoms with van der Waals surface area (Å²) in [6.45, 7) is 1.86. The van der Waals surface area contributed by atoms with Gasteiger partial charge in [0.2, 0.25) is 0 Å². The molecule has 0 saturated heterocycles. The maximum Gasteiger partial charge on any atom is 0.119 e. The summed E-state index contributed by atoms with van der Waals surface area (Å²) in [5.41, 5.74) is 2.27. The van der Waals surface area contributed by atoms with Crippen LogP contribution in [-0.4, -0.2) is 18.3 Å². The van der Waals surface area contributed by atoms with Crippen molar-refractivity contribution in [2.24, 2.45) is 0 Å². The van der Waals surface area contributed by atoms with Gasteiger partial charge in [-0.3, -0.25) is 0 Å². The average molecular weight is 292 g/mol. The molecule has 0 radical (unpaired) electrons. The summed E-state index contributed by atoms with van der Waals surface area (Å²) in [5, 5.41) is 12.8. The molecule has 0 saturated carbocycles. The highest BCUT2D eigenvalue weighted by Gasteiger charge is 1.99. The number of nitrogens with one attached hydrogen (secondary N) is 1. The van der Waals surface area contributed by atoms with E-state index in [4.69, 9.17) is 21.4 Å². The molecule has 0 aliphatic carbocycles. The van der Waals surface area contributed by atoms with Gasteiger partial charge in [-0.15, -0.1) is 0 Å². The van der Waals surface area contributed by atoms with Crippen molar-refractivity contribution in [3.05, 3.63) is 64.7 Å². The summed E-state index contributed by atoms with van der Waals surface area (Å²) in [4.78, 5) is 0. The number of hydrogen-bond donors (Lipinski definition) is 2. The minimum absolute atomic E-state index is 0.0289. The number of halogens is 1. The average Bonchev–Trinajstić information content (AvgIpc) is 2.48. The molecular weight excluding hydrogens is 274 g/mol. The number of aliphatic hydroxyl groups excluding tert-OH is 1. The summed E-state index contributed by atoms with van der Waals surface area (Å²) in [6, 6.07) is 15.6. The van der Waals surface area contributed by atoms with Crippen LogP contribution in [0.15, 0.2) is 48.5 Å². The van der Waals surface area contributed by atoms with E-state index in [0.29, 0.717) is 6.61 Å². The van der Waals surface area contributed by atoms with Gasteiger partial charge < -0.3 is 15.2 Å². The smallest absolute Gasteiger partial charge is 0.119 e. The monoisotopic (exact) mass is 291 g/mol. The van der Waals surface area contributed by atoms with Crippen LogP contribution in [0.2, 0.25) is 5.02 Å². The Balaban J connectivity index is 1.81. The van der Waals surface area contributed by atoms with Gasteiger partial charge in [-0.2, -0.15) is 0 Å². The maximum absolute atomic E-state index is 8.68. The van der Waals surface area contributed by atoms with Crippen LogP contribution >= 0.6 is 11.6 Å². The predicted molar refractivity (Wildman–Crippen MR) is 81.0 cm³/mol. The summed E-state index contributed by atoms with van der Waals surface area (Å²) < 4.78 is 5.31. The standard InChI is InChI=1S/C16H18ClNO2/c17-16-4-2-1-3-14(16)12-18-11-13-5-7-15(8-6-13)20-10-9-19/h1-8,18-19H,9-12H2. The van der Waals surface area contributed by atoms with E-state index in [0.717, 1.165) is 29.4 Å². The first-order valence-electron chi connectivity index (χ1n) is 6.56. The highest BCUT2D eigenvalue weighted by Crippen LogP contribution is 2.15. The number of ether oxygens (including phenoxy) is 1. The van der Waals surface area contributed by atoms with Crippen LogP contribution in [0.4, 0.5) is 0 Å². The maximum atomic E-state index is 8.68. The van der Waals surface area contributed by atoms with Crippen LogP contribution in [0.1, 0.15) is 11.1 Å². The molecule has 0 aliphatic rings. The summed E-state index contributed by atoms with van der Waals surface area (Å²) in [5.74, 6) is 0.772. The van der Waals surface area contributed by atoms with E-state index in [1.807, 2.05) is 48.5 Å². The van der Waals surface area contributed by atoms with Gasteiger partial charge in [0, 0.05) is 18.1 Å². The Kier molecular flexibility index (Phi) is 5.87. The second-order valence-electron chi connectivity index (χ2n) is 4.41. The number of rotatable bonds is 7. The van der Waals surface area contributed by atoms with Crippen molar-refractivity contribution < 1.29 is 9.84 Å². The summed E-state index contributed by atoms with van der Waals surface area (Å²) in [6.07, 6.45) is 0. The van der Waals surface area contributed by atoms with Gasteiger partial charge in [0.1, 0.15) is 12.4 Å². The van der Waals surface area contributed by atoms with E-state index in [1.165, 1.54) is 5.56 Å². The first kappa shape index (κ1) is 14.9. The zero-order valence-electron chi connectivity index (χ0n) is 11.2. The molecule has 3 nitrogen and oxygen atoms in total. The molecule has 0 spiro atoms. The molecule has 0 heterocycles. The second kappa shape index (κ2) is 7.90. The zero-order chi connectivity index (χ0) is 14.2. The lowest BCUT2D eigenvalue weighted by atomic mass is 10.2. The van der Waals surface area contributed by atoms with E-state index >= 15 is 0 Å². The zero-order valence-corrected chi connectivity index (χ0v) is 11.9. The van der Waals surface area contributed by atoms with Gasteiger partial charge in [0.15, 0.2) is 0 Å². The molecule has 0 fully saturated rings. The van der Waals surface area contributed by atoms with Gasteiger partial charge in [-0.05, 0) is 29.3 Å². The molecule has 106 valence electrons. The van der Waals surface area contributed by atoms with Crippen molar-refractivity contribution in [1.82, 2.24) is 5.32 Å². The Morgan fingerprint density at radius 1 is 1.00 bits per heavy atom. The Hall–Kier alpha value is -1.55. The lowest BCUT2D eigenvalue weighted by molar-refractivity contribution is 0.201. The lowest BCUT2D eigenvalue weighted by Gasteiger charge is -2.08. The SMILES string of the molecule is OCCOc1ccc(CNCc2ccccc2Cl)cc1. The molecule has 0 amide bonds. The topological polar surface area (TPSA) is 41.5 Å². The van der Waals surface area contributed by atoms with Crippen molar-refractivity contribution in [3.8, 4) is 5.75 Å². The third-order valence-corrected chi connectivity index (χ3v) is 3.25. The second-order valence-corrected chi connectivity index (χ2v) is 4.82. The molecule has 2 rings (SSSR count). The van der Waals surface area contributed by atoms with E-state index in [2.05, 4.69) is 5.32 Å². The third kappa shape index (κ3) is 4.53. The van der Waals surface area contributed by atoms with Crippen LogP contribution in [0.5, 0.6) is 5.75 Å². The Labute approximate surface area is 124 Å². The fraction of sp³-hybridized carbons (Fsp3) is 0.250. The Bertz CT molecular complexity index is 528. The quantitative estimate of drug-likeness (QED) is 0.824. The highest BCUT2D eigenvalue weighted by atomic mass is 35.5. The van der Waals surface area contributed by atoms with Crippen molar-refractivity contribution in [2.75, 3.05) is 13.2 Å². The first-order chi connectivity index (χ1) is 9.79. The fourth-order valence-corrected chi connectivity index (χ4v) is 2.05. The van der Waals surface area contributed by atoms with E-state index < -0.39 is 0 Å². The molecule has 0 unspecified atom stereocenters. The molecule has 20 heavy (non-hydrogen) atoms. The lowest BCUT2D eigenvalue weighted by Crippen LogP contribution is -2.12. The summed E-state index contributed by atoms with van der Waals surface area (Å²) in [7, 11) is 0. The van der Waals surface area contributed by atoms with E-state index in [1.54, 1.807) is 0 Å². The molecular formula is C16H18ClNO2. The van der Waals surface area contributed by atoms with Crippen molar-refractivity contribution in [1.29, 1.82) is 0 Å². The normalized spacial score (nSPS) is 10.5. The molecule has 0 aliphatic heterocycles. The highest BCUT2D eigenvalue weighted by molar-refractivity contribution is 6.31. The van der Waals surface area contributed by atoms with Crippen molar-refractivity contribution in [2.45, 2.75) is 13.1 Å². The molecule has 0 atom stereocenters. The Morgan fingerprint density at radius 2 is 1.75 bits per heavy atom. The molecule has 2 aromatic rings.